The van der Waals surface area contributed by atoms with E-state index in [4.69, 9.17) is 0 Å². The number of aromatic amines is 1. The highest BCUT2D eigenvalue weighted by molar-refractivity contribution is 7.92. The van der Waals surface area contributed by atoms with E-state index in [1.54, 1.807) is 19.1 Å². The Kier molecular flexibility index (Phi) is 3.75. The normalized spacial score (nSPS) is 11.1. The van der Waals surface area contributed by atoms with E-state index in [-0.39, 0.29) is 22.2 Å². The third-order valence-electron chi connectivity index (χ3n) is 2.61. The van der Waals surface area contributed by atoms with Crippen LogP contribution in [0.2, 0.25) is 0 Å². The molecule has 0 fully saturated rings. The van der Waals surface area contributed by atoms with Gasteiger partial charge in [-0.2, -0.15) is 8.42 Å². The van der Waals surface area contributed by atoms with Crippen molar-refractivity contribution in [1.82, 2.24) is 15.3 Å². The molecule has 7 nitrogen and oxygen atoms in total. The number of sulfonamides is 1. The van der Waals surface area contributed by atoms with Crippen molar-refractivity contribution in [2.45, 2.75) is 11.9 Å². The Bertz CT molecular complexity index is 737. The smallest absolute Gasteiger partial charge is 0.279 e. The van der Waals surface area contributed by atoms with Crippen molar-refractivity contribution in [3.05, 3.63) is 41.9 Å². The van der Waals surface area contributed by atoms with E-state index in [1.165, 1.54) is 25.4 Å². The first-order valence-corrected chi connectivity index (χ1v) is 7.28. The number of imidazole rings is 1. The lowest BCUT2D eigenvalue weighted by Crippen LogP contribution is -2.21. The molecule has 106 valence electrons. The summed E-state index contributed by atoms with van der Waals surface area (Å²) in [7, 11) is -2.33. The minimum absolute atomic E-state index is 0.0540. The third-order valence-corrected chi connectivity index (χ3v) is 3.89. The molecule has 8 heteroatoms. The fraction of sp³-hybridized carbons (Fsp3) is 0.167. The molecule has 0 spiro atoms. The van der Waals surface area contributed by atoms with Gasteiger partial charge in [-0.15, -0.1) is 0 Å². The lowest BCUT2D eigenvalue weighted by Gasteiger charge is -2.10. The molecule has 0 saturated carbocycles. The molecule has 0 radical (unpaired) electrons. The van der Waals surface area contributed by atoms with Crippen molar-refractivity contribution in [3.8, 4) is 0 Å². The number of H-pyrrole nitrogens is 1. The first kappa shape index (κ1) is 14.1. The number of benzene rings is 1. The van der Waals surface area contributed by atoms with E-state index in [0.717, 1.165) is 0 Å². The highest BCUT2D eigenvalue weighted by atomic mass is 32.2. The van der Waals surface area contributed by atoms with Gasteiger partial charge in [0.15, 0.2) is 5.03 Å². The van der Waals surface area contributed by atoms with Crippen molar-refractivity contribution >= 4 is 21.6 Å². The topological polar surface area (TPSA) is 104 Å². The number of carbonyl (C=O) groups is 1. The molecule has 1 heterocycles. The molecule has 0 atom stereocenters. The summed E-state index contributed by atoms with van der Waals surface area (Å²) in [5.74, 6) is 0.119. The fourth-order valence-electron chi connectivity index (χ4n) is 1.64. The Morgan fingerprint density at radius 1 is 1.30 bits per heavy atom. The zero-order chi connectivity index (χ0) is 14.8. The molecular formula is C12H14N4O3S. The van der Waals surface area contributed by atoms with Gasteiger partial charge in [0.25, 0.3) is 15.9 Å². The van der Waals surface area contributed by atoms with Crippen molar-refractivity contribution in [2.24, 2.45) is 0 Å². The minimum atomic E-state index is -3.80. The van der Waals surface area contributed by atoms with Crippen molar-refractivity contribution in [1.29, 1.82) is 0 Å². The highest BCUT2D eigenvalue weighted by Crippen LogP contribution is 2.19. The predicted octanol–water partition coefficient (Wildman–Crippen LogP) is 0.879. The van der Waals surface area contributed by atoms with Gasteiger partial charge in [0, 0.05) is 7.05 Å². The van der Waals surface area contributed by atoms with Gasteiger partial charge in [-0.25, -0.2) is 4.98 Å². The van der Waals surface area contributed by atoms with Crippen LogP contribution >= 0.6 is 0 Å². The number of rotatable bonds is 4. The number of anilines is 1. The lowest BCUT2D eigenvalue weighted by molar-refractivity contribution is 0.0964. The Hall–Kier alpha value is -2.35. The Morgan fingerprint density at radius 2 is 2.00 bits per heavy atom. The summed E-state index contributed by atoms with van der Waals surface area (Å²) in [6.45, 7) is 1.65. The van der Waals surface area contributed by atoms with Crippen molar-refractivity contribution < 1.29 is 13.2 Å². The largest absolute Gasteiger partial charge is 0.355 e. The summed E-state index contributed by atoms with van der Waals surface area (Å²) in [6, 6.07) is 6.35. The molecule has 1 amide bonds. The maximum Gasteiger partial charge on any atom is 0.279 e. The van der Waals surface area contributed by atoms with Crippen LogP contribution in [0, 0.1) is 6.92 Å². The summed E-state index contributed by atoms with van der Waals surface area (Å²) >= 11 is 0. The molecule has 20 heavy (non-hydrogen) atoms. The van der Waals surface area contributed by atoms with Crippen LogP contribution in [0.15, 0.2) is 35.5 Å². The molecule has 3 N–H and O–H groups in total. The molecule has 0 saturated heterocycles. The maximum absolute atomic E-state index is 12.2. The number of nitrogens with one attached hydrogen (secondary N) is 3. The number of nitrogens with zero attached hydrogens (tertiary/aromatic N) is 1. The standard InChI is InChI=1S/C12H14N4O3S/c1-8-14-7-11(15-8)20(18,19)16-10-6-4-3-5-9(10)12(17)13-2/h3-7,16H,1-2H3,(H,13,17)(H,14,15). The number of para-hydroxylation sites is 1. The predicted molar refractivity (Wildman–Crippen MR) is 74.0 cm³/mol. The molecule has 2 rings (SSSR count). The zero-order valence-electron chi connectivity index (χ0n) is 11.0. The van der Waals surface area contributed by atoms with Crippen LogP contribution in [0.1, 0.15) is 16.2 Å². The highest BCUT2D eigenvalue weighted by Gasteiger charge is 2.19. The second-order valence-electron chi connectivity index (χ2n) is 4.06. The maximum atomic E-state index is 12.2. The molecule has 2 aromatic rings. The van der Waals surface area contributed by atoms with Crippen LogP contribution in [-0.4, -0.2) is 31.3 Å². The van der Waals surface area contributed by atoms with Gasteiger partial charge in [-0.3, -0.25) is 9.52 Å². The Balaban J connectivity index is 2.37. The second-order valence-corrected chi connectivity index (χ2v) is 5.71. The molecule has 1 aromatic heterocycles. The lowest BCUT2D eigenvalue weighted by atomic mass is 10.2. The minimum Gasteiger partial charge on any atom is -0.355 e. The first-order chi connectivity index (χ1) is 9.44. The van der Waals surface area contributed by atoms with Gasteiger partial charge in [-0.05, 0) is 19.1 Å². The van der Waals surface area contributed by atoms with Crippen LogP contribution in [0.4, 0.5) is 5.69 Å². The van der Waals surface area contributed by atoms with E-state index in [1.807, 2.05) is 0 Å². The molecule has 0 aliphatic rings. The SMILES string of the molecule is CNC(=O)c1ccccc1NS(=O)(=O)c1cnc(C)[nH]1. The number of carbonyl (C=O) groups excluding carboxylic acids is 1. The molecular weight excluding hydrogens is 280 g/mol. The number of aryl methyl sites for hydroxylation is 1. The Morgan fingerprint density at radius 3 is 2.60 bits per heavy atom. The third kappa shape index (κ3) is 2.80. The van der Waals surface area contributed by atoms with Crippen molar-refractivity contribution in [3.63, 3.8) is 0 Å². The van der Waals surface area contributed by atoms with E-state index in [2.05, 4.69) is 20.0 Å². The number of hydrogen-bond acceptors (Lipinski definition) is 4. The summed E-state index contributed by atoms with van der Waals surface area (Å²) in [4.78, 5) is 18.2. The number of amides is 1. The fourth-order valence-corrected chi connectivity index (χ4v) is 2.69. The van der Waals surface area contributed by atoms with Gasteiger partial charge in [-0.1, -0.05) is 12.1 Å². The van der Waals surface area contributed by atoms with Crippen LogP contribution < -0.4 is 10.0 Å². The van der Waals surface area contributed by atoms with Gasteiger partial charge in [0.1, 0.15) is 5.82 Å². The van der Waals surface area contributed by atoms with Gasteiger partial charge < -0.3 is 10.3 Å². The quantitative estimate of drug-likeness (QED) is 0.778. The summed E-state index contributed by atoms with van der Waals surface area (Å²) in [5.41, 5.74) is 0.453. The number of hydrogen-bond donors (Lipinski definition) is 3. The molecule has 1 aromatic carbocycles. The molecule has 0 unspecified atom stereocenters. The molecule has 0 bridgehead atoms. The average Bonchev–Trinajstić information content (AvgIpc) is 2.86. The summed E-state index contributed by atoms with van der Waals surface area (Å²) in [6.07, 6.45) is 1.22. The molecule has 0 aliphatic heterocycles. The van der Waals surface area contributed by atoms with Crippen LogP contribution in [0.25, 0.3) is 0 Å². The monoisotopic (exact) mass is 294 g/mol. The second kappa shape index (κ2) is 5.33. The van der Waals surface area contributed by atoms with E-state index in [0.29, 0.717) is 5.82 Å². The van der Waals surface area contributed by atoms with E-state index >= 15 is 0 Å². The van der Waals surface area contributed by atoms with Crippen LogP contribution in [0.5, 0.6) is 0 Å². The number of aromatic nitrogens is 2. The van der Waals surface area contributed by atoms with Crippen LogP contribution in [0.3, 0.4) is 0 Å². The molecule has 0 aliphatic carbocycles. The van der Waals surface area contributed by atoms with Crippen LogP contribution in [-0.2, 0) is 10.0 Å². The summed E-state index contributed by atoms with van der Waals surface area (Å²) in [5, 5.41) is 2.40. The van der Waals surface area contributed by atoms with Crippen molar-refractivity contribution in [2.75, 3.05) is 11.8 Å². The zero-order valence-corrected chi connectivity index (χ0v) is 11.8. The summed E-state index contributed by atoms with van der Waals surface area (Å²) < 4.78 is 26.7. The van der Waals surface area contributed by atoms with Gasteiger partial charge in [0.05, 0.1) is 17.4 Å². The average molecular weight is 294 g/mol. The van der Waals surface area contributed by atoms with E-state index in [9.17, 15) is 13.2 Å². The van der Waals surface area contributed by atoms with Gasteiger partial charge in [0.2, 0.25) is 0 Å². The van der Waals surface area contributed by atoms with E-state index < -0.39 is 10.0 Å². The first-order valence-electron chi connectivity index (χ1n) is 5.79. The Labute approximate surface area is 116 Å². The van der Waals surface area contributed by atoms with Gasteiger partial charge >= 0.3 is 0 Å².